The van der Waals surface area contributed by atoms with Crippen molar-refractivity contribution >= 4 is 31.9 Å². The van der Waals surface area contributed by atoms with E-state index in [1.165, 1.54) is 20.2 Å². The van der Waals surface area contributed by atoms with E-state index in [-0.39, 0.29) is 10.8 Å². The maximum absolute atomic E-state index is 12.8. The quantitative estimate of drug-likeness (QED) is 0.575. The molecule has 0 unspecified atom stereocenters. The normalized spacial score (nSPS) is 11.4. The highest BCUT2D eigenvalue weighted by Gasteiger charge is 2.23. The Morgan fingerprint density at radius 2 is 1.66 bits per heavy atom. The fraction of sp³-hybridized carbons (Fsp3) is 0.350. The Morgan fingerprint density at radius 1 is 1.00 bits per heavy atom. The molecule has 0 bridgehead atoms. The second-order valence-electron chi connectivity index (χ2n) is 6.60. The fourth-order valence-corrected chi connectivity index (χ4v) is 4.53. The van der Waals surface area contributed by atoms with Gasteiger partial charge in [0.15, 0.2) is 11.5 Å². The molecule has 0 saturated heterocycles. The minimum atomic E-state index is -3.67. The first-order chi connectivity index (χ1) is 13.6. The zero-order valence-electron chi connectivity index (χ0n) is 17.1. The van der Waals surface area contributed by atoms with Gasteiger partial charge in [0, 0.05) is 37.7 Å². The van der Waals surface area contributed by atoms with E-state index in [1.54, 1.807) is 38.3 Å². The van der Waals surface area contributed by atoms with Crippen LogP contribution in [0.4, 0.5) is 0 Å². The Bertz CT molecular complexity index is 992. The third-order valence-corrected chi connectivity index (χ3v) is 7.28. The summed E-state index contributed by atoms with van der Waals surface area (Å²) in [5.74, 6) is 1.02. The van der Waals surface area contributed by atoms with Crippen LogP contribution in [0.25, 0.3) is 0 Å². The predicted molar refractivity (Wildman–Crippen MR) is 115 cm³/mol. The maximum atomic E-state index is 12.8. The molecular weight excluding hydrogens is 460 g/mol. The number of halogens is 1. The number of nitrogens with zero attached hydrogens (tertiary/aromatic N) is 2. The number of sulfonamides is 1. The fourth-order valence-electron chi connectivity index (χ4n) is 2.69. The van der Waals surface area contributed by atoms with Crippen LogP contribution in [0, 0.1) is 0 Å². The van der Waals surface area contributed by atoms with Gasteiger partial charge < -0.3 is 14.4 Å². The first kappa shape index (κ1) is 23.2. The number of rotatable bonds is 8. The van der Waals surface area contributed by atoms with Crippen molar-refractivity contribution in [3.05, 3.63) is 52.0 Å². The van der Waals surface area contributed by atoms with Crippen LogP contribution in [0.3, 0.4) is 0 Å². The number of likely N-dealkylation sites (N-methyl/N-ethyl adjacent to an activating group) is 1. The average Bonchev–Trinajstić information content (AvgIpc) is 2.71. The highest BCUT2D eigenvalue weighted by Crippen LogP contribution is 2.28. The molecule has 0 aliphatic rings. The van der Waals surface area contributed by atoms with E-state index in [9.17, 15) is 13.2 Å². The van der Waals surface area contributed by atoms with E-state index in [2.05, 4.69) is 15.9 Å². The number of hydrogen-bond donors (Lipinski definition) is 0. The Balaban J connectivity index is 2.17. The summed E-state index contributed by atoms with van der Waals surface area (Å²) in [7, 11) is 4.07. The van der Waals surface area contributed by atoms with E-state index < -0.39 is 10.0 Å². The highest BCUT2D eigenvalue weighted by molar-refractivity contribution is 9.10. The van der Waals surface area contributed by atoms with Gasteiger partial charge in [-0.1, -0.05) is 6.07 Å². The standard InChI is InChI=1S/C20H25BrN2O5S/c1-22(2)29(25,26)19-13-15(7-8-16(19)21)20(24)23(3)11-10-14-6-9-17(27-4)18(12-14)28-5/h6-9,12-13H,10-11H2,1-5H3. The molecule has 0 heterocycles. The van der Waals surface area contributed by atoms with Crippen molar-refractivity contribution in [3.8, 4) is 11.5 Å². The number of amides is 1. The van der Waals surface area contributed by atoms with Gasteiger partial charge in [-0.25, -0.2) is 12.7 Å². The van der Waals surface area contributed by atoms with Gasteiger partial charge in [-0.05, 0) is 58.2 Å². The first-order valence-corrected chi connectivity index (χ1v) is 11.0. The maximum Gasteiger partial charge on any atom is 0.253 e. The van der Waals surface area contributed by atoms with E-state index in [0.29, 0.717) is 34.5 Å². The first-order valence-electron chi connectivity index (χ1n) is 8.80. The largest absolute Gasteiger partial charge is 0.493 e. The molecule has 0 spiro atoms. The van der Waals surface area contributed by atoms with Gasteiger partial charge in [0.05, 0.1) is 19.1 Å². The number of methoxy groups -OCH3 is 2. The summed E-state index contributed by atoms with van der Waals surface area (Å²) in [6, 6.07) is 10.2. The molecule has 7 nitrogen and oxygen atoms in total. The van der Waals surface area contributed by atoms with Crippen molar-refractivity contribution in [1.29, 1.82) is 0 Å². The Morgan fingerprint density at radius 3 is 2.24 bits per heavy atom. The van der Waals surface area contributed by atoms with Crippen LogP contribution in [-0.4, -0.2) is 65.4 Å². The number of carbonyl (C=O) groups is 1. The van der Waals surface area contributed by atoms with Crippen LogP contribution < -0.4 is 9.47 Å². The summed E-state index contributed by atoms with van der Waals surface area (Å²) >= 11 is 3.25. The predicted octanol–water partition coefficient (Wildman–Crippen LogP) is 3.03. The van der Waals surface area contributed by atoms with Gasteiger partial charge in [0.1, 0.15) is 0 Å². The molecule has 0 N–H and O–H groups in total. The lowest BCUT2D eigenvalue weighted by Gasteiger charge is -2.19. The Hall–Kier alpha value is -2.10. The van der Waals surface area contributed by atoms with Crippen LogP contribution in [0.2, 0.25) is 0 Å². The van der Waals surface area contributed by atoms with Crippen LogP contribution in [-0.2, 0) is 16.4 Å². The molecule has 0 aliphatic carbocycles. The smallest absolute Gasteiger partial charge is 0.253 e. The van der Waals surface area contributed by atoms with E-state index in [4.69, 9.17) is 9.47 Å². The molecule has 0 aromatic heterocycles. The second-order valence-corrected chi connectivity index (χ2v) is 9.57. The lowest BCUT2D eigenvalue weighted by molar-refractivity contribution is 0.0796. The van der Waals surface area contributed by atoms with Crippen LogP contribution in [0.1, 0.15) is 15.9 Å². The molecule has 0 saturated carbocycles. The molecule has 2 aromatic carbocycles. The lowest BCUT2D eigenvalue weighted by Crippen LogP contribution is -2.29. The number of carbonyl (C=O) groups excluding carboxylic acids is 1. The van der Waals surface area contributed by atoms with Crippen molar-refractivity contribution in [2.45, 2.75) is 11.3 Å². The summed E-state index contributed by atoms with van der Waals surface area (Å²) in [6.45, 7) is 0.458. The number of ether oxygens (including phenoxy) is 2. The summed E-state index contributed by atoms with van der Waals surface area (Å²) in [6.07, 6.45) is 0.613. The third-order valence-electron chi connectivity index (χ3n) is 4.47. The molecule has 29 heavy (non-hydrogen) atoms. The second kappa shape index (κ2) is 9.60. The minimum absolute atomic E-state index is 0.0571. The van der Waals surface area contributed by atoms with Gasteiger partial charge in [-0.15, -0.1) is 0 Å². The molecule has 9 heteroatoms. The van der Waals surface area contributed by atoms with E-state index in [0.717, 1.165) is 9.87 Å². The van der Waals surface area contributed by atoms with Crippen LogP contribution in [0.15, 0.2) is 45.8 Å². The monoisotopic (exact) mass is 484 g/mol. The van der Waals surface area contributed by atoms with Crippen molar-refractivity contribution in [1.82, 2.24) is 9.21 Å². The lowest BCUT2D eigenvalue weighted by atomic mass is 10.1. The van der Waals surface area contributed by atoms with Gasteiger partial charge in [-0.2, -0.15) is 0 Å². The Kier molecular flexibility index (Phi) is 7.67. The van der Waals surface area contributed by atoms with Gasteiger partial charge >= 0.3 is 0 Å². The summed E-state index contributed by atoms with van der Waals surface area (Å²) in [4.78, 5) is 14.4. The number of hydrogen-bond acceptors (Lipinski definition) is 5. The van der Waals surface area contributed by atoms with E-state index >= 15 is 0 Å². The zero-order chi connectivity index (χ0) is 21.8. The van der Waals surface area contributed by atoms with Gasteiger partial charge in [-0.3, -0.25) is 4.79 Å². The molecule has 0 radical (unpaired) electrons. The Labute approximate surface area is 180 Å². The van der Waals surface area contributed by atoms with Crippen molar-refractivity contribution in [3.63, 3.8) is 0 Å². The molecule has 2 aromatic rings. The zero-order valence-corrected chi connectivity index (χ0v) is 19.5. The molecule has 0 fully saturated rings. The summed E-state index contributed by atoms with van der Waals surface area (Å²) in [5, 5.41) is 0. The molecule has 0 atom stereocenters. The third kappa shape index (κ3) is 5.29. The van der Waals surface area contributed by atoms with Gasteiger partial charge in [0.25, 0.3) is 5.91 Å². The number of benzene rings is 2. The topological polar surface area (TPSA) is 76.2 Å². The molecule has 0 aliphatic heterocycles. The van der Waals surface area contributed by atoms with Crippen LogP contribution >= 0.6 is 15.9 Å². The molecule has 158 valence electrons. The SMILES string of the molecule is COc1ccc(CCN(C)C(=O)c2ccc(Br)c(S(=O)(=O)N(C)C)c2)cc1OC. The van der Waals surface area contributed by atoms with E-state index in [1.807, 2.05) is 18.2 Å². The minimum Gasteiger partial charge on any atom is -0.493 e. The summed E-state index contributed by atoms with van der Waals surface area (Å²) < 4.78 is 37.0. The van der Waals surface area contributed by atoms with Crippen LogP contribution in [0.5, 0.6) is 11.5 Å². The average molecular weight is 485 g/mol. The van der Waals surface area contributed by atoms with Crippen molar-refractivity contribution in [2.24, 2.45) is 0 Å². The molecule has 2 rings (SSSR count). The van der Waals surface area contributed by atoms with Crippen molar-refractivity contribution in [2.75, 3.05) is 41.9 Å². The summed E-state index contributed by atoms with van der Waals surface area (Å²) in [5.41, 5.74) is 1.30. The van der Waals surface area contributed by atoms with Gasteiger partial charge in [0.2, 0.25) is 10.0 Å². The van der Waals surface area contributed by atoms with Crippen molar-refractivity contribution < 1.29 is 22.7 Å². The molecular formula is C20H25BrN2O5S. The highest BCUT2D eigenvalue weighted by atomic mass is 79.9. The molecule has 1 amide bonds.